The average molecular weight is 526 g/mol. The van der Waals surface area contributed by atoms with Crippen LogP contribution >= 0.6 is 11.6 Å². The van der Waals surface area contributed by atoms with Crippen LogP contribution in [0.4, 0.5) is 23.0 Å². The number of rotatable bonds is 13. The summed E-state index contributed by atoms with van der Waals surface area (Å²) in [4.78, 5) is 28.6. The Bertz CT molecular complexity index is 1210. The molecule has 0 fully saturated rings. The van der Waals surface area contributed by atoms with Gasteiger partial charge in [-0.1, -0.05) is 30.7 Å². The Kier molecular flexibility index (Phi) is 10.3. The zero-order valence-electron chi connectivity index (χ0n) is 21.9. The van der Waals surface area contributed by atoms with E-state index in [1.807, 2.05) is 42.8 Å². The topological polar surface area (TPSA) is 113 Å². The van der Waals surface area contributed by atoms with E-state index in [-0.39, 0.29) is 17.9 Å². The number of carbonyl (C=O) groups excluding carboxylic acids is 2. The number of benzene rings is 1. The molecule has 9 nitrogen and oxygen atoms in total. The van der Waals surface area contributed by atoms with Crippen molar-refractivity contribution in [3.63, 3.8) is 0 Å². The largest absolute Gasteiger partial charge is 0.356 e. The fourth-order valence-corrected chi connectivity index (χ4v) is 3.90. The van der Waals surface area contributed by atoms with Crippen molar-refractivity contribution in [2.24, 2.45) is 0 Å². The van der Waals surface area contributed by atoms with E-state index in [1.165, 1.54) is 0 Å². The third-order valence-corrected chi connectivity index (χ3v) is 5.98. The number of pyridine rings is 1. The summed E-state index contributed by atoms with van der Waals surface area (Å²) in [6.07, 6.45) is 4.70. The van der Waals surface area contributed by atoms with E-state index in [1.54, 1.807) is 18.3 Å². The van der Waals surface area contributed by atoms with Crippen LogP contribution in [0.3, 0.4) is 0 Å². The predicted octanol–water partition coefficient (Wildman–Crippen LogP) is 5.73. The molecular formula is C27H36ClN7O2. The molecule has 0 aliphatic rings. The first kappa shape index (κ1) is 28.0. The lowest BCUT2D eigenvalue weighted by molar-refractivity contribution is -0.120. The van der Waals surface area contributed by atoms with Crippen molar-refractivity contribution in [1.29, 1.82) is 0 Å². The fourth-order valence-electron chi connectivity index (χ4n) is 3.75. The summed E-state index contributed by atoms with van der Waals surface area (Å²) in [6.45, 7) is 9.13. The summed E-state index contributed by atoms with van der Waals surface area (Å²) < 4.78 is 1.90. The summed E-state index contributed by atoms with van der Waals surface area (Å²) in [5, 5.41) is 17.4. The van der Waals surface area contributed by atoms with Crippen molar-refractivity contribution in [3.05, 3.63) is 58.9 Å². The quantitative estimate of drug-likeness (QED) is 0.212. The van der Waals surface area contributed by atoms with Crippen LogP contribution in [0.1, 0.15) is 68.5 Å². The highest BCUT2D eigenvalue weighted by molar-refractivity contribution is 6.33. The molecule has 0 unspecified atom stereocenters. The van der Waals surface area contributed by atoms with Crippen molar-refractivity contribution in [1.82, 2.24) is 25.4 Å². The first-order chi connectivity index (χ1) is 17.8. The summed E-state index contributed by atoms with van der Waals surface area (Å²) in [5.74, 6) is 1.33. The summed E-state index contributed by atoms with van der Waals surface area (Å²) in [6, 6.07) is 11.3. The number of amides is 2. The van der Waals surface area contributed by atoms with Crippen molar-refractivity contribution >= 4 is 46.4 Å². The number of aryl methyl sites for hydroxylation is 1. The van der Waals surface area contributed by atoms with Crippen LogP contribution < -0.4 is 21.3 Å². The monoisotopic (exact) mass is 525 g/mol. The second-order valence-electron chi connectivity index (χ2n) is 9.07. The predicted molar refractivity (Wildman–Crippen MR) is 149 cm³/mol. The van der Waals surface area contributed by atoms with Crippen LogP contribution in [-0.4, -0.2) is 39.7 Å². The lowest BCUT2D eigenvalue weighted by Gasteiger charge is -2.15. The molecule has 2 heterocycles. The molecule has 2 aromatic heterocycles. The van der Waals surface area contributed by atoms with Crippen LogP contribution in [0.2, 0.25) is 5.02 Å². The fraction of sp³-hybridized carbons (Fsp3) is 0.407. The van der Waals surface area contributed by atoms with Crippen LogP contribution in [0.15, 0.2) is 42.6 Å². The maximum atomic E-state index is 12.9. The van der Waals surface area contributed by atoms with Gasteiger partial charge in [-0.3, -0.25) is 9.59 Å². The Balaban J connectivity index is 1.62. The second-order valence-corrected chi connectivity index (χ2v) is 9.48. The van der Waals surface area contributed by atoms with Gasteiger partial charge in [0.1, 0.15) is 11.6 Å². The highest BCUT2D eigenvalue weighted by Gasteiger charge is 2.14. The zero-order valence-corrected chi connectivity index (χ0v) is 22.7. The number of anilines is 4. The Morgan fingerprint density at radius 3 is 2.46 bits per heavy atom. The van der Waals surface area contributed by atoms with E-state index in [2.05, 4.69) is 45.2 Å². The zero-order chi connectivity index (χ0) is 26.8. The van der Waals surface area contributed by atoms with Gasteiger partial charge in [-0.2, -0.15) is 5.10 Å². The number of aromatic nitrogens is 3. The van der Waals surface area contributed by atoms with Gasteiger partial charge in [-0.25, -0.2) is 9.67 Å². The molecule has 0 bridgehead atoms. The number of nitrogens with zero attached hydrogens (tertiary/aromatic N) is 3. The molecule has 10 heteroatoms. The molecule has 0 saturated carbocycles. The van der Waals surface area contributed by atoms with Crippen molar-refractivity contribution in [3.8, 4) is 0 Å². The second kappa shape index (κ2) is 13.6. The maximum absolute atomic E-state index is 12.9. The van der Waals surface area contributed by atoms with Gasteiger partial charge in [0.15, 0.2) is 0 Å². The van der Waals surface area contributed by atoms with E-state index < -0.39 is 0 Å². The minimum absolute atomic E-state index is 0.0619. The molecule has 3 rings (SSSR count). The molecule has 4 N–H and O–H groups in total. The molecule has 37 heavy (non-hydrogen) atoms. The van der Waals surface area contributed by atoms with Crippen LogP contribution in [0, 0.1) is 6.92 Å². The lowest BCUT2D eigenvalue weighted by atomic mass is 10.1. The molecule has 2 amide bonds. The SMILES string of the molecule is CCC(=O)NCCCCCNC(=O)c1ccccc1Nc1cc(Nc2cc(C)nn2C(C)C)ncc1Cl. The molecule has 0 aliphatic heterocycles. The van der Waals surface area contributed by atoms with Crippen LogP contribution in [0.5, 0.6) is 0 Å². The number of para-hydroxylation sites is 1. The van der Waals surface area contributed by atoms with E-state index >= 15 is 0 Å². The molecule has 198 valence electrons. The minimum Gasteiger partial charge on any atom is -0.356 e. The molecule has 0 radical (unpaired) electrons. The highest BCUT2D eigenvalue weighted by atomic mass is 35.5. The number of unbranched alkanes of at least 4 members (excludes halogenated alkanes) is 2. The van der Waals surface area contributed by atoms with E-state index in [0.29, 0.717) is 47.3 Å². The summed E-state index contributed by atoms with van der Waals surface area (Å²) in [7, 11) is 0. The van der Waals surface area contributed by atoms with Gasteiger partial charge in [0.25, 0.3) is 5.91 Å². The average Bonchev–Trinajstić information content (AvgIpc) is 3.25. The third kappa shape index (κ3) is 8.21. The minimum atomic E-state index is -0.165. The normalized spacial score (nSPS) is 10.9. The lowest BCUT2D eigenvalue weighted by Crippen LogP contribution is -2.26. The number of halogens is 1. The molecular weight excluding hydrogens is 490 g/mol. The summed E-state index contributed by atoms with van der Waals surface area (Å²) in [5.41, 5.74) is 2.70. The molecule has 0 spiro atoms. The maximum Gasteiger partial charge on any atom is 0.253 e. The van der Waals surface area contributed by atoms with Gasteiger partial charge in [-0.15, -0.1) is 0 Å². The van der Waals surface area contributed by atoms with E-state index in [4.69, 9.17) is 11.6 Å². The number of hydrogen-bond acceptors (Lipinski definition) is 6. The first-order valence-corrected chi connectivity index (χ1v) is 13.1. The molecule has 3 aromatic rings. The van der Waals surface area contributed by atoms with Gasteiger partial charge in [0.2, 0.25) is 5.91 Å². The Morgan fingerprint density at radius 1 is 1.00 bits per heavy atom. The van der Waals surface area contributed by atoms with Gasteiger partial charge in [-0.05, 0) is 52.2 Å². The first-order valence-electron chi connectivity index (χ1n) is 12.7. The van der Waals surface area contributed by atoms with Gasteiger partial charge in [0, 0.05) is 37.7 Å². The van der Waals surface area contributed by atoms with Gasteiger partial charge < -0.3 is 21.3 Å². The van der Waals surface area contributed by atoms with Crippen molar-refractivity contribution < 1.29 is 9.59 Å². The van der Waals surface area contributed by atoms with Crippen LogP contribution in [0.25, 0.3) is 0 Å². The highest BCUT2D eigenvalue weighted by Crippen LogP contribution is 2.30. The smallest absolute Gasteiger partial charge is 0.253 e. The van der Waals surface area contributed by atoms with E-state index in [0.717, 1.165) is 30.8 Å². The van der Waals surface area contributed by atoms with Crippen LogP contribution in [-0.2, 0) is 4.79 Å². The third-order valence-electron chi connectivity index (χ3n) is 5.68. The Morgan fingerprint density at radius 2 is 1.73 bits per heavy atom. The molecule has 0 saturated heterocycles. The Labute approximate surface area is 223 Å². The number of hydrogen-bond donors (Lipinski definition) is 4. The molecule has 0 aliphatic carbocycles. The Hall–Kier alpha value is -3.59. The van der Waals surface area contributed by atoms with Gasteiger partial charge >= 0.3 is 0 Å². The van der Waals surface area contributed by atoms with E-state index in [9.17, 15) is 9.59 Å². The molecule has 0 atom stereocenters. The summed E-state index contributed by atoms with van der Waals surface area (Å²) >= 11 is 6.44. The number of nitrogens with one attached hydrogen (secondary N) is 4. The molecule has 1 aromatic carbocycles. The number of carbonyl (C=O) groups is 2. The van der Waals surface area contributed by atoms with Crippen molar-refractivity contribution in [2.45, 2.75) is 59.4 Å². The van der Waals surface area contributed by atoms with Crippen molar-refractivity contribution in [2.75, 3.05) is 23.7 Å². The standard InChI is InChI=1S/C27H36ClN7O2/c1-5-26(36)29-13-9-6-10-14-30-27(37)20-11-7-8-12-22(20)32-23-16-24(31-17-21(23)28)33-25-15-19(4)34-35(25)18(2)3/h7-8,11-12,15-18H,5-6,9-10,13-14H2,1-4H3,(H,29,36)(H,30,37)(H2,31,32,33). The van der Waals surface area contributed by atoms with Gasteiger partial charge in [0.05, 0.1) is 33.9 Å².